The van der Waals surface area contributed by atoms with Crippen LogP contribution in [0, 0.1) is 17.8 Å². The molecule has 0 spiro atoms. The summed E-state index contributed by atoms with van der Waals surface area (Å²) in [6.07, 6.45) is 2.89. The number of fused-ring (bicyclic) bond motifs is 3. The quantitative estimate of drug-likeness (QED) is 0.603. The summed E-state index contributed by atoms with van der Waals surface area (Å²) in [6.45, 7) is 0. The zero-order valence-corrected chi connectivity index (χ0v) is 13.5. The summed E-state index contributed by atoms with van der Waals surface area (Å²) >= 11 is 0. The van der Waals surface area contributed by atoms with Gasteiger partial charge >= 0.3 is 11.9 Å². The van der Waals surface area contributed by atoms with Gasteiger partial charge in [0.25, 0.3) is 10.1 Å². The van der Waals surface area contributed by atoms with Crippen LogP contribution in [0.1, 0.15) is 44.9 Å². The average molecular weight is 344 g/mol. The van der Waals surface area contributed by atoms with Crippen LogP contribution in [0.5, 0.6) is 0 Å². The lowest BCUT2D eigenvalue weighted by Crippen LogP contribution is -2.42. The Morgan fingerprint density at radius 2 is 1.78 bits per heavy atom. The smallest absolute Gasteiger partial charge is 0.330 e. The first-order valence-electron chi connectivity index (χ1n) is 8.17. The summed E-state index contributed by atoms with van der Waals surface area (Å²) in [5, 5.41) is 0. The minimum Gasteiger partial charge on any atom is -0.458 e. The third kappa shape index (κ3) is 2.46. The molecule has 4 rings (SSSR count). The van der Waals surface area contributed by atoms with Gasteiger partial charge in [-0.3, -0.25) is 14.1 Å². The molecule has 3 aliphatic carbocycles. The van der Waals surface area contributed by atoms with Crippen molar-refractivity contribution in [3.63, 3.8) is 0 Å². The van der Waals surface area contributed by atoms with Crippen LogP contribution in [0.15, 0.2) is 0 Å². The molecule has 0 radical (unpaired) electrons. The van der Waals surface area contributed by atoms with Gasteiger partial charge in [0.1, 0.15) is 12.2 Å². The van der Waals surface area contributed by atoms with Crippen LogP contribution in [0.3, 0.4) is 0 Å². The van der Waals surface area contributed by atoms with Crippen molar-refractivity contribution in [3.05, 3.63) is 0 Å². The lowest BCUT2D eigenvalue weighted by Gasteiger charge is -2.33. The van der Waals surface area contributed by atoms with Crippen molar-refractivity contribution in [2.24, 2.45) is 17.8 Å². The van der Waals surface area contributed by atoms with Gasteiger partial charge in [-0.15, -0.1) is 0 Å². The fourth-order valence-electron chi connectivity index (χ4n) is 4.52. The molecule has 4 aliphatic rings. The fourth-order valence-corrected chi connectivity index (χ4v) is 5.40. The minimum atomic E-state index is -4.48. The summed E-state index contributed by atoms with van der Waals surface area (Å²) in [6, 6.07) is 0. The van der Waals surface area contributed by atoms with E-state index in [2.05, 4.69) is 0 Å². The van der Waals surface area contributed by atoms with Gasteiger partial charge < -0.3 is 9.47 Å². The summed E-state index contributed by atoms with van der Waals surface area (Å²) in [7, 11) is -4.48. The number of ether oxygens (including phenoxy) is 2. The van der Waals surface area contributed by atoms with Crippen molar-refractivity contribution in [1.29, 1.82) is 0 Å². The normalized spacial score (nSPS) is 40.9. The molecule has 5 unspecified atom stereocenters. The maximum Gasteiger partial charge on any atom is 0.330 e. The molecule has 23 heavy (non-hydrogen) atoms. The molecule has 4 fully saturated rings. The highest BCUT2D eigenvalue weighted by Crippen LogP contribution is 2.48. The van der Waals surface area contributed by atoms with Gasteiger partial charge in [0.05, 0.1) is 5.92 Å². The zero-order chi connectivity index (χ0) is 16.4. The third-order valence-corrected chi connectivity index (χ3v) is 7.44. The van der Waals surface area contributed by atoms with Gasteiger partial charge in [0.2, 0.25) is 0 Å². The number of carbonyl (C=O) groups excluding carboxylic acids is 2. The Bertz CT molecular complexity index is 651. The molecular formula is C15H20O7S. The maximum absolute atomic E-state index is 12.3. The molecule has 7 nitrogen and oxygen atoms in total. The summed E-state index contributed by atoms with van der Waals surface area (Å²) in [4.78, 5) is 24.4. The predicted octanol–water partition coefficient (Wildman–Crippen LogP) is 1.07. The van der Waals surface area contributed by atoms with E-state index >= 15 is 0 Å². The fraction of sp³-hybridized carbons (Fsp3) is 0.867. The Hall–Kier alpha value is -1.15. The van der Waals surface area contributed by atoms with Gasteiger partial charge in [-0.05, 0) is 56.8 Å². The number of carbonyl (C=O) groups is 2. The van der Waals surface area contributed by atoms with Crippen LogP contribution in [0.4, 0.5) is 0 Å². The van der Waals surface area contributed by atoms with E-state index in [0.29, 0.717) is 24.7 Å². The van der Waals surface area contributed by atoms with Gasteiger partial charge in [-0.1, -0.05) is 0 Å². The number of esters is 2. The van der Waals surface area contributed by atoms with Crippen LogP contribution < -0.4 is 0 Å². The highest BCUT2D eigenvalue weighted by molar-refractivity contribution is 7.88. The van der Waals surface area contributed by atoms with E-state index in [0.717, 1.165) is 19.3 Å². The summed E-state index contributed by atoms with van der Waals surface area (Å²) < 4.78 is 41.3. The van der Waals surface area contributed by atoms with E-state index in [9.17, 15) is 22.6 Å². The van der Waals surface area contributed by atoms with Crippen molar-refractivity contribution in [2.75, 3.05) is 0 Å². The van der Waals surface area contributed by atoms with E-state index < -0.39 is 33.0 Å². The molecule has 4 bridgehead atoms. The highest BCUT2D eigenvalue weighted by atomic mass is 32.2. The standard InChI is InChI=1S/C15H20O7S/c16-13-10-4-8-3-9(5-10)7-12(11(6-8)21-13)22-14(17)15(1-2-15)23(18,19)20/h8-12H,1-7H2,(H,18,19,20). The minimum absolute atomic E-state index is 0.0482. The van der Waals surface area contributed by atoms with Crippen LogP contribution in [-0.2, 0) is 29.2 Å². The largest absolute Gasteiger partial charge is 0.458 e. The second-order valence-corrected chi connectivity index (χ2v) is 9.23. The SMILES string of the molecule is O=C1OC2CC3CC(CC1C3)CC2OC(=O)C1(S(=O)(=O)O)CC1. The number of rotatable bonds is 3. The predicted molar refractivity (Wildman–Crippen MR) is 76.8 cm³/mol. The average Bonchev–Trinajstić information content (AvgIpc) is 3.26. The van der Waals surface area contributed by atoms with Crippen LogP contribution in [0.2, 0.25) is 0 Å². The Morgan fingerprint density at radius 1 is 1.13 bits per heavy atom. The van der Waals surface area contributed by atoms with E-state index in [1.54, 1.807) is 0 Å². The number of hydrogen-bond donors (Lipinski definition) is 1. The molecular weight excluding hydrogens is 324 g/mol. The Labute approximate surface area is 134 Å². The first-order valence-corrected chi connectivity index (χ1v) is 9.61. The summed E-state index contributed by atoms with van der Waals surface area (Å²) in [5.74, 6) is -0.475. The highest BCUT2D eigenvalue weighted by Gasteiger charge is 2.63. The molecule has 0 aromatic rings. The summed E-state index contributed by atoms with van der Waals surface area (Å²) in [5.41, 5.74) is 0. The van der Waals surface area contributed by atoms with Crippen molar-refractivity contribution in [3.8, 4) is 0 Å². The molecule has 5 atom stereocenters. The lowest BCUT2D eigenvalue weighted by molar-refractivity contribution is -0.174. The van der Waals surface area contributed by atoms with E-state index in [1.165, 1.54) is 0 Å². The molecule has 0 amide bonds. The monoisotopic (exact) mass is 344 g/mol. The van der Waals surface area contributed by atoms with Crippen molar-refractivity contribution in [1.82, 2.24) is 0 Å². The Kier molecular flexibility index (Phi) is 3.29. The molecule has 3 saturated carbocycles. The van der Waals surface area contributed by atoms with Crippen LogP contribution in [-0.4, -0.2) is 41.9 Å². The van der Waals surface area contributed by atoms with E-state index in [4.69, 9.17) is 9.47 Å². The second-order valence-electron chi connectivity index (χ2n) is 7.50. The molecule has 1 saturated heterocycles. The number of hydrogen-bond acceptors (Lipinski definition) is 6. The Balaban J connectivity index is 1.55. The first kappa shape index (κ1) is 15.4. The van der Waals surface area contributed by atoms with Gasteiger partial charge in [-0.2, -0.15) is 8.42 Å². The third-order valence-electron chi connectivity index (χ3n) is 5.88. The van der Waals surface area contributed by atoms with Gasteiger partial charge in [0.15, 0.2) is 4.75 Å². The molecule has 0 aromatic heterocycles. The van der Waals surface area contributed by atoms with Crippen molar-refractivity contribution >= 4 is 22.1 Å². The van der Waals surface area contributed by atoms with Crippen molar-refractivity contribution < 1.29 is 32.0 Å². The maximum atomic E-state index is 12.3. The molecule has 0 aromatic carbocycles. The molecule has 1 heterocycles. The molecule has 8 heteroatoms. The zero-order valence-electron chi connectivity index (χ0n) is 12.6. The van der Waals surface area contributed by atoms with Crippen LogP contribution in [0.25, 0.3) is 0 Å². The van der Waals surface area contributed by atoms with Gasteiger partial charge in [0, 0.05) is 0 Å². The molecule has 1 N–H and O–H groups in total. The van der Waals surface area contributed by atoms with Crippen LogP contribution >= 0.6 is 0 Å². The van der Waals surface area contributed by atoms with Crippen molar-refractivity contribution in [2.45, 2.75) is 61.9 Å². The molecule has 1 aliphatic heterocycles. The first-order chi connectivity index (χ1) is 10.8. The topological polar surface area (TPSA) is 107 Å². The van der Waals surface area contributed by atoms with E-state index in [1.807, 2.05) is 0 Å². The molecule has 128 valence electrons. The second kappa shape index (κ2) is 4.92. The van der Waals surface area contributed by atoms with E-state index in [-0.39, 0.29) is 24.7 Å². The lowest BCUT2D eigenvalue weighted by atomic mass is 9.75. The van der Waals surface area contributed by atoms with Gasteiger partial charge in [-0.25, -0.2) is 0 Å². The Morgan fingerprint density at radius 3 is 2.39 bits per heavy atom.